The Kier molecular flexibility index (Phi) is 6.47. The molecule has 1 fully saturated rings. The van der Waals surface area contributed by atoms with Crippen molar-refractivity contribution in [2.45, 2.75) is 25.7 Å². The molecule has 0 atom stereocenters. The van der Waals surface area contributed by atoms with Crippen LogP contribution in [0.15, 0.2) is 45.6 Å². The van der Waals surface area contributed by atoms with Crippen molar-refractivity contribution in [3.63, 3.8) is 0 Å². The van der Waals surface area contributed by atoms with Crippen LogP contribution in [0.2, 0.25) is 5.02 Å². The number of rotatable bonds is 7. The highest BCUT2D eigenvalue weighted by molar-refractivity contribution is 6.33. The zero-order valence-corrected chi connectivity index (χ0v) is 19.7. The van der Waals surface area contributed by atoms with E-state index in [4.69, 9.17) is 25.5 Å². The van der Waals surface area contributed by atoms with Crippen molar-refractivity contribution in [1.29, 1.82) is 0 Å². The number of anilines is 1. The molecule has 0 radical (unpaired) electrons. The van der Waals surface area contributed by atoms with Crippen LogP contribution in [0, 0.1) is 0 Å². The van der Waals surface area contributed by atoms with Crippen molar-refractivity contribution in [3.8, 4) is 11.5 Å². The molecule has 1 aromatic heterocycles. The number of para-hydroxylation sites is 1. The van der Waals surface area contributed by atoms with Gasteiger partial charge in [0, 0.05) is 49.7 Å². The van der Waals surface area contributed by atoms with Gasteiger partial charge >= 0.3 is 5.63 Å². The lowest BCUT2D eigenvalue weighted by Crippen LogP contribution is -2.46. The quantitative estimate of drug-likeness (QED) is 0.375. The fourth-order valence-electron chi connectivity index (χ4n) is 4.95. The summed E-state index contributed by atoms with van der Waals surface area (Å²) in [6.45, 7) is 5.55. The molecule has 0 spiro atoms. The van der Waals surface area contributed by atoms with Crippen LogP contribution in [0.3, 0.4) is 0 Å². The molecule has 2 heterocycles. The predicted octanol–water partition coefficient (Wildman–Crippen LogP) is 4.53. The maximum Gasteiger partial charge on any atom is 0.339 e. The van der Waals surface area contributed by atoms with Gasteiger partial charge in [0.25, 0.3) is 0 Å². The number of ether oxygens (including phenoxy) is 2. The second-order valence-corrected chi connectivity index (χ2v) is 9.09. The third kappa shape index (κ3) is 4.55. The first-order chi connectivity index (χ1) is 16.1. The normalized spacial score (nSPS) is 16.2. The molecule has 5 rings (SSSR count). The highest BCUT2D eigenvalue weighted by atomic mass is 35.5. The maximum absolute atomic E-state index is 12.2. The molecular formula is C26H29ClN2O4. The van der Waals surface area contributed by atoms with Crippen LogP contribution in [-0.4, -0.2) is 51.3 Å². The van der Waals surface area contributed by atoms with Gasteiger partial charge in [-0.05, 0) is 49.4 Å². The first-order valence-corrected chi connectivity index (χ1v) is 12.0. The van der Waals surface area contributed by atoms with Crippen LogP contribution in [0.4, 0.5) is 5.69 Å². The number of halogens is 1. The summed E-state index contributed by atoms with van der Waals surface area (Å²) in [5.74, 6) is 1.30. The molecule has 6 nitrogen and oxygen atoms in total. The number of benzene rings is 2. The van der Waals surface area contributed by atoms with E-state index in [0.717, 1.165) is 85.6 Å². The Morgan fingerprint density at radius 2 is 1.82 bits per heavy atom. The number of fused-ring (bicyclic) bond motifs is 3. The molecule has 3 aromatic rings. The van der Waals surface area contributed by atoms with E-state index in [1.165, 1.54) is 0 Å². The Balaban J connectivity index is 1.18. The molecule has 1 saturated heterocycles. The van der Waals surface area contributed by atoms with E-state index in [1.54, 1.807) is 13.2 Å². The molecule has 7 heteroatoms. The molecule has 2 aromatic carbocycles. The molecule has 174 valence electrons. The number of piperazine rings is 1. The molecule has 0 saturated carbocycles. The van der Waals surface area contributed by atoms with E-state index in [9.17, 15) is 4.79 Å². The fourth-order valence-corrected chi connectivity index (χ4v) is 5.21. The van der Waals surface area contributed by atoms with E-state index >= 15 is 0 Å². The Hall–Kier alpha value is -2.70. The smallest absolute Gasteiger partial charge is 0.339 e. The maximum atomic E-state index is 12.2. The Morgan fingerprint density at radius 1 is 1.03 bits per heavy atom. The molecule has 1 aliphatic carbocycles. The highest BCUT2D eigenvalue weighted by Crippen LogP contribution is 2.36. The second-order valence-electron chi connectivity index (χ2n) is 8.68. The van der Waals surface area contributed by atoms with Gasteiger partial charge in [-0.25, -0.2) is 4.79 Å². The van der Waals surface area contributed by atoms with Crippen LogP contribution in [0.25, 0.3) is 11.0 Å². The van der Waals surface area contributed by atoms with Crippen LogP contribution in [0.5, 0.6) is 11.5 Å². The average molecular weight is 469 g/mol. The van der Waals surface area contributed by atoms with Crippen molar-refractivity contribution < 1.29 is 13.9 Å². The topological polar surface area (TPSA) is 55.2 Å². The SMILES string of the molecule is COc1cc2oc(=O)c3c(c2cc1OCCCN1CCN(c2ccccc2Cl)CC1)CCC3. The number of nitrogens with zero attached hydrogens (tertiary/aromatic N) is 2. The fraction of sp³-hybridized carbons (Fsp3) is 0.423. The summed E-state index contributed by atoms with van der Waals surface area (Å²) < 4.78 is 17.2. The van der Waals surface area contributed by atoms with E-state index in [1.807, 2.05) is 24.3 Å². The van der Waals surface area contributed by atoms with Gasteiger partial charge in [0.1, 0.15) is 5.58 Å². The van der Waals surface area contributed by atoms with Crippen molar-refractivity contribution >= 4 is 28.3 Å². The van der Waals surface area contributed by atoms with Gasteiger partial charge in [-0.2, -0.15) is 0 Å². The minimum Gasteiger partial charge on any atom is -0.493 e. The molecule has 0 amide bonds. The second kappa shape index (κ2) is 9.65. The summed E-state index contributed by atoms with van der Waals surface area (Å²) in [7, 11) is 1.61. The largest absolute Gasteiger partial charge is 0.493 e. The molecule has 1 aliphatic heterocycles. The lowest BCUT2D eigenvalue weighted by molar-refractivity contribution is 0.221. The summed E-state index contributed by atoms with van der Waals surface area (Å²) in [6, 6.07) is 11.8. The van der Waals surface area contributed by atoms with Crippen LogP contribution < -0.4 is 20.0 Å². The first kappa shape index (κ1) is 22.1. The Labute approximate surface area is 198 Å². The van der Waals surface area contributed by atoms with E-state index < -0.39 is 0 Å². The summed E-state index contributed by atoms with van der Waals surface area (Å²) >= 11 is 6.35. The van der Waals surface area contributed by atoms with Gasteiger partial charge in [-0.15, -0.1) is 0 Å². The third-order valence-electron chi connectivity index (χ3n) is 6.70. The minimum absolute atomic E-state index is 0.222. The summed E-state index contributed by atoms with van der Waals surface area (Å²) in [5, 5.41) is 1.78. The van der Waals surface area contributed by atoms with Gasteiger partial charge < -0.3 is 18.8 Å². The Bertz CT molecular complexity index is 1200. The van der Waals surface area contributed by atoms with Crippen molar-refractivity contribution in [3.05, 3.63) is 63.0 Å². The number of hydrogen-bond donors (Lipinski definition) is 0. The third-order valence-corrected chi connectivity index (χ3v) is 7.02. The lowest BCUT2D eigenvalue weighted by Gasteiger charge is -2.36. The lowest BCUT2D eigenvalue weighted by atomic mass is 10.1. The van der Waals surface area contributed by atoms with Gasteiger partial charge in [0.15, 0.2) is 11.5 Å². The van der Waals surface area contributed by atoms with Gasteiger partial charge in [0.2, 0.25) is 0 Å². The predicted molar refractivity (Wildman–Crippen MR) is 131 cm³/mol. The highest BCUT2D eigenvalue weighted by Gasteiger charge is 2.22. The summed E-state index contributed by atoms with van der Waals surface area (Å²) in [5.41, 5.74) is 3.38. The van der Waals surface area contributed by atoms with Gasteiger partial charge in [-0.3, -0.25) is 4.90 Å². The van der Waals surface area contributed by atoms with Crippen molar-refractivity contribution in [2.24, 2.45) is 0 Å². The Morgan fingerprint density at radius 3 is 2.61 bits per heavy atom. The van der Waals surface area contributed by atoms with Gasteiger partial charge in [0.05, 0.1) is 24.4 Å². The van der Waals surface area contributed by atoms with E-state index in [-0.39, 0.29) is 5.63 Å². The average Bonchev–Trinajstić information content (AvgIpc) is 3.34. The monoisotopic (exact) mass is 468 g/mol. The van der Waals surface area contributed by atoms with Crippen molar-refractivity contribution in [1.82, 2.24) is 4.90 Å². The van der Waals surface area contributed by atoms with Gasteiger partial charge in [-0.1, -0.05) is 23.7 Å². The minimum atomic E-state index is -0.222. The summed E-state index contributed by atoms with van der Waals surface area (Å²) in [4.78, 5) is 17.1. The van der Waals surface area contributed by atoms with E-state index in [2.05, 4.69) is 15.9 Å². The zero-order chi connectivity index (χ0) is 22.8. The molecule has 0 unspecified atom stereocenters. The van der Waals surface area contributed by atoms with E-state index in [0.29, 0.717) is 23.7 Å². The molecule has 2 aliphatic rings. The number of hydrogen-bond acceptors (Lipinski definition) is 6. The molecular weight excluding hydrogens is 440 g/mol. The first-order valence-electron chi connectivity index (χ1n) is 11.7. The summed E-state index contributed by atoms with van der Waals surface area (Å²) in [6.07, 6.45) is 3.61. The van der Waals surface area contributed by atoms with Crippen LogP contribution >= 0.6 is 11.6 Å². The number of aryl methyl sites for hydroxylation is 1. The zero-order valence-electron chi connectivity index (χ0n) is 18.9. The molecule has 0 bridgehead atoms. The van der Waals surface area contributed by atoms with Crippen LogP contribution in [-0.2, 0) is 12.8 Å². The molecule has 33 heavy (non-hydrogen) atoms. The standard InChI is InChI=1S/C26H29ClN2O4/c1-31-24-17-23-20(18-6-4-7-19(18)26(30)33-23)16-25(24)32-15-5-10-28-11-13-29(14-12-28)22-9-3-2-8-21(22)27/h2-3,8-9,16-17H,4-7,10-15H2,1H3. The van der Waals surface area contributed by atoms with Crippen LogP contribution in [0.1, 0.15) is 24.0 Å². The van der Waals surface area contributed by atoms with Crippen molar-refractivity contribution in [2.75, 3.05) is 51.3 Å². The molecule has 0 N–H and O–H groups in total. The number of methoxy groups -OCH3 is 1.